The third-order valence-corrected chi connectivity index (χ3v) is 2.94. The van der Waals surface area contributed by atoms with Crippen LogP contribution >= 0.6 is 0 Å². The van der Waals surface area contributed by atoms with E-state index in [2.05, 4.69) is 10.3 Å². The third-order valence-electron chi connectivity index (χ3n) is 2.94. The first-order chi connectivity index (χ1) is 10.2. The Hall–Kier alpha value is -2.50. The van der Waals surface area contributed by atoms with E-state index in [1.165, 1.54) is 0 Å². The molecule has 2 aromatic rings. The summed E-state index contributed by atoms with van der Waals surface area (Å²) in [7, 11) is 0. The van der Waals surface area contributed by atoms with E-state index in [1.54, 1.807) is 24.4 Å². The van der Waals surface area contributed by atoms with Gasteiger partial charge in [-0.3, -0.25) is 4.79 Å². The summed E-state index contributed by atoms with van der Waals surface area (Å²) in [6.45, 7) is 4.49. The number of ether oxygens (including phenoxy) is 1. The van der Waals surface area contributed by atoms with Gasteiger partial charge < -0.3 is 20.2 Å². The Kier molecular flexibility index (Phi) is 4.81. The molecule has 2 rings (SSSR count). The van der Waals surface area contributed by atoms with Crippen LogP contribution in [-0.2, 0) is 13.0 Å². The quantitative estimate of drug-likeness (QED) is 0.795. The van der Waals surface area contributed by atoms with Gasteiger partial charge in [0, 0.05) is 12.1 Å². The largest absolute Gasteiger partial charge is 0.493 e. The van der Waals surface area contributed by atoms with Crippen molar-refractivity contribution < 1.29 is 13.9 Å². The number of nitrogen functional groups attached to an aromatic ring is 1. The zero-order valence-corrected chi connectivity index (χ0v) is 12.2. The van der Waals surface area contributed by atoms with Crippen molar-refractivity contribution in [1.82, 2.24) is 10.3 Å². The molecule has 1 aromatic heterocycles. The summed E-state index contributed by atoms with van der Waals surface area (Å²) in [5.74, 6) is 1.41. The molecule has 1 amide bonds. The highest BCUT2D eigenvalue weighted by atomic mass is 16.5. The van der Waals surface area contributed by atoms with Crippen molar-refractivity contribution in [3.05, 3.63) is 41.6 Å². The van der Waals surface area contributed by atoms with Crippen LogP contribution in [-0.4, -0.2) is 17.5 Å². The van der Waals surface area contributed by atoms with Gasteiger partial charge >= 0.3 is 0 Å². The fraction of sp³-hybridized carbons (Fsp3) is 0.333. The highest BCUT2D eigenvalue weighted by Gasteiger charge is 2.16. The number of anilines is 1. The van der Waals surface area contributed by atoms with Crippen LogP contribution in [0, 0.1) is 0 Å². The van der Waals surface area contributed by atoms with Gasteiger partial charge in [0.05, 0.1) is 19.3 Å². The lowest BCUT2D eigenvalue weighted by Crippen LogP contribution is -2.24. The van der Waals surface area contributed by atoms with Gasteiger partial charge in [0.1, 0.15) is 17.1 Å². The van der Waals surface area contributed by atoms with Crippen LogP contribution in [0.4, 0.5) is 5.69 Å². The van der Waals surface area contributed by atoms with Crippen LogP contribution in [0.3, 0.4) is 0 Å². The van der Waals surface area contributed by atoms with E-state index in [1.807, 2.05) is 13.8 Å². The summed E-state index contributed by atoms with van der Waals surface area (Å²) in [5.41, 5.74) is 6.58. The molecule has 1 heterocycles. The summed E-state index contributed by atoms with van der Waals surface area (Å²) in [5, 5.41) is 2.74. The van der Waals surface area contributed by atoms with Crippen LogP contribution in [0.1, 0.15) is 35.9 Å². The van der Waals surface area contributed by atoms with Gasteiger partial charge in [-0.05, 0) is 19.1 Å². The predicted molar refractivity (Wildman–Crippen MR) is 79.1 cm³/mol. The number of amides is 1. The zero-order valence-electron chi connectivity index (χ0n) is 12.2. The van der Waals surface area contributed by atoms with Crippen molar-refractivity contribution in [3.8, 4) is 5.75 Å². The van der Waals surface area contributed by atoms with E-state index in [9.17, 15) is 4.79 Å². The molecule has 0 aliphatic rings. The highest BCUT2D eigenvalue weighted by molar-refractivity contribution is 6.01. The average molecular weight is 289 g/mol. The van der Waals surface area contributed by atoms with Crippen LogP contribution in [0.2, 0.25) is 0 Å². The summed E-state index contributed by atoms with van der Waals surface area (Å²) in [4.78, 5) is 16.4. The van der Waals surface area contributed by atoms with Crippen LogP contribution < -0.4 is 15.8 Å². The Bertz CT molecular complexity index is 622. The van der Waals surface area contributed by atoms with Crippen LogP contribution in [0.5, 0.6) is 5.75 Å². The van der Waals surface area contributed by atoms with Gasteiger partial charge in [0.2, 0.25) is 5.89 Å². The summed E-state index contributed by atoms with van der Waals surface area (Å²) in [6, 6.07) is 5.13. The number of nitrogens with two attached hydrogens (primary N) is 1. The summed E-state index contributed by atoms with van der Waals surface area (Å²) >= 11 is 0. The van der Waals surface area contributed by atoms with Crippen molar-refractivity contribution in [3.63, 3.8) is 0 Å². The fourth-order valence-corrected chi connectivity index (χ4v) is 1.90. The molecule has 3 N–H and O–H groups in total. The fourth-order valence-electron chi connectivity index (χ4n) is 1.90. The lowest BCUT2D eigenvalue weighted by molar-refractivity contribution is 0.0944. The number of rotatable bonds is 6. The van der Waals surface area contributed by atoms with Gasteiger partial charge in [-0.25, -0.2) is 4.98 Å². The number of hydrogen-bond donors (Lipinski definition) is 2. The molecular formula is C15H19N3O3. The van der Waals surface area contributed by atoms with Crippen molar-refractivity contribution in [2.45, 2.75) is 26.8 Å². The second kappa shape index (κ2) is 6.78. The number of nitrogens with one attached hydrogen (secondary N) is 1. The van der Waals surface area contributed by atoms with Gasteiger partial charge in [-0.2, -0.15) is 0 Å². The normalized spacial score (nSPS) is 10.4. The van der Waals surface area contributed by atoms with E-state index >= 15 is 0 Å². The molecule has 21 heavy (non-hydrogen) atoms. The number of hydrogen-bond acceptors (Lipinski definition) is 5. The number of nitrogens with zero attached hydrogens (tertiary/aromatic N) is 1. The molecule has 6 heteroatoms. The summed E-state index contributed by atoms with van der Waals surface area (Å²) in [6.07, 6.45) is 2.42. The lowest BCUT2D eigenvalue weighted by Gasteiger charge is -2.12. The topological polar surface area (TPSA) is 90.4 Å². The average Bonchev–Trinajstić information content (AvgIpc) is 2.93. The first-order valence-electron chi connectivity index (χ1n) is 6.88. The standard InChI is InChI=1S/C15H19N3O3/c1-3-10-8-17-13(21-10)9-18-15(19)14-11(16)6-5-7-12(14)20-4-2/h5-8H,3-4,9,16H2,1-2H3,(H,18,19). The molecule has 0 aliphatic heterocycles. The molecule has 0 bridgehead atoms. The van der Waals surface area contributed by atoms with Crippen molar-refractivity contribution in [1.29, 1.82) is 0 Å². The molecule has 0 aliphatic carbocycles. The second-order valence-corrected chi connectivity index (χ2v) is 4.41. The molecule has 0 saturated heterocycles. The smallest absolute Gasteiger partial charge is 0.257 e. The van der Waals surface area contributed by atoms with Crippen molar-refractivity contribution in [2.24, 2.45) is 0 Å². The molecule has 0 saturated carbocycles. The lowest BCUT2D eigenvalue weighted by atomic mass is 10.1. The van der Waals surface area contributed by atoms with Gasteiger partial charge in [-0.15, -0.1) is 0 Å². The van der Waals surface area contributed by atoms with Gasteiger partial charge in [0.15, 0.2) is 0 Å². The van der Waals surface area contributed by atoms with Crippen molar-refractivity contribution in [2.75, 3.05) is 12.3 Å². The molecule has 0 fully saturated rings. The second-order valence-electron chi connectivity index (χ2n) is 4.41. The van der Waals surface area contributed by atoms with Crippen LogP contribution in [0.25, 0.3) is 0 Å². The molecule has 1 aromatic carbocycles. The Morgan fingerprint density at radius 2 is 2.24 bits per heavy atom. The third kappa shape index (κ3) is 3.53. The molecular weight excluding hydrogens is 270 g/mol. The number of carbonyl (C=O) groups is 1. The first kappa shape index (κ1) is 14.9. The maximum atomic E-state index is 12.3. The van der Waals surface area contributed by atoms with E-state index in [-0.39, 0.29) is 12.5 Å². The highest BCUT2D eigenvalue weighted by Crippen LogP contribution is 2.24. The predicted octanol–water partition coefficient (Wildman–Crippen LogP) is 2.15. The van der Waals surface area contributed by atoms with Gasteiger partial charge in [0.25, 0.3) is 5.91 Å². The Morgan fingerprint density at radius 3 is 2.90 bits per heavy atom. The number of carbonyl (C=O) groups excluding carboxylic acids is 1. The number of benzene rings is 1. The Morgan fingerprint density at radius 1 is 1.43 bits per heavy atom. The maximum absolute atomic E-state index is 12.3. The zero-order chi connectivity index (χ0) is 15.2. The van der Waals surface area contributed by atoms with E-state index in [0.29, 0.717) is 29.5 Å². The molecule has 0 atom stereocenters. The van der Waals surface area contributed by atoms with E-state index in [4.69, 9.17) is 14.9 Å². The minimum absolute atomic E-state index is 0.207. The number of aryl methyl sites for hydroxylation is 1. The maximum Gasteiger partial charge on any atom is 0.257 e. The first-order valence-corrected chi connectivity index (χ1v) is 6.88. The monoisotopic (exact) mass is 289 g/mol. The molecule has 112 valence electrons. The Balaban J connectivity index is 2.09. The Labute approximate surface area is 123 Å². The van der Waals surface area contributed by atoms with E-state index < -0.39 is 0 Å². The molecule has 0 radical (unpaired) electrons. The minimum atomic E-state index is -0.312. The SMILES string of the molecule is CCOc1cccc(N)c1C(=O)NCc1ncc(CC)o1. The number of aromatic nitrogens is 1. The summed E-state index contributed by atoms with van der Waals surface area (Å²) < 4.78 is 10.9. The molecule has 6 nitrogen and oxygen atoms in total. The molecule has 0 unspecified atom stereocenters. The number of oxazole rings is 1. The minimum Gasteiger partial charge on any atom is -0.493 e. The van der Waals surface area contributed by atoms with Crippen LogP contribution in [0.15, 0.2) is 28.8 Å². The van der Waals surface area contributed by atoms with Gasteiger partial charge in [-0.1, -0.05) is 13.0 Å². The van der Waals surface area contributed by atoms with E-state index in [0.717, 1.165) is 12.2 Å². The molecule has 0 spiro atoms. The van der Waals surface area contributed by atoms with Crippen molar-refractivity contribution >= 4 is 11.6 Å².